The van der Waals surface area contributed by atoms with Crippen molar-refractivity contribution < 1.29 is 29.3 Å². The lowest BCUT2D eigenvalue weighted by Crippen LogP contribution is -2.16. The smallest absolute Gasteiger partial charge is 0.480 e. The first-order valence-electron chi connectivity index (χ1n) is 3.29. The van der Waals surface area contributed by atoms with Crippen molar-refractivity contribution in [3.05, 3.63) is 0 Å². The van der Waals surface area contributed by atoms with E-state index in [1.807, 2.05) is 0 Å². The number of aliphatic hydroxyl groups is 1. The van der Waals surface area contributed by atoms with E-state index in [0.717, 1.165) is 6.42 Å². The summed E-state index contributed by atoms with van der Waals surface area (Å²) in [5.41, 5.74) is 0. The molecule has 1 rings (SSSR count). The van der Waals surface area contributed by atoms with Gasteiger partial charge in [-0.15, -0.1) is 0 Å². The van der Waals surface area contributed by atoms with E-state index in [4.69, 9.17) is 15.0 Å². The normalized spacial score (nSPS) is 14.9. The van der Waals surface area contributed by atoms with Crippen LogP contribution in [0.4, 0.5) is 4.79 Å². The molecule has 0 aromatic carbocycles. The van der Waals surface area contributed by atoms with Crippen molar-refractivity contribution in [2.24, 2.45) is 0 Å². The molecule has 0 radical (unpaired) electrons. The highest BCUT2D eigenvalue weighted by Crippen LogP contribution is 1.95. The van der Waals surface area contributed by atoms with E-state index in [0.29, 0.717) is 13.2 Å². The zero-order chi connectivity index (χ0) is 9.40. The highest BCUT2D eigenvalue weighted by atomic mass is 16.7. The van der Waals surface area contributed by atoms with Crippen LogP contribution in [0.3, 0.4) is 0 Å². The molecule has 0 amide bonds. The van der Waals surface area contributed by atoms with Gasteiger partial charge in [0.1, 0.15) is 6.61 Å². The number of carbonyl (C=O) groups is 2. The van der Waals surface area contributed by atoms with Gasteiger partial charge in [-0.2, -0.15) is 0 Å². The molecule has 0 spiro atoms. The summed E-state index contributed by atoms with van der Waals surface area (Å²) in [6.07, 6.45) is 0.289. The van der Waals surface area contributed by atoms with Crippen molar-refractivity contribution in [2.45, 2.75) is 6.42 Å². The molecule has 12 heavy (non-hydrogen) atoms. The van der Waals surface area contributed by atoms with Crippen molar-refractivity contribution >= 4 is 12.1 Å². The molecule has 0 saturated carbocycles. The largest absolute Gasteiger partial charge is 0.508 e. The maximum Gasteiger partial charge on any atom is 0.508 e. The first kappa shape index (κ1) is 10.7. The molecule has 1 aliphatic rings. The van der Waals surface area contributed by atoms with Gasteiger partial charge in [-0.05, 0) is 0 Å². The third-order valence-corrected chi connectivity index (χ3v) is 0.864. The average molecular weight is 178 g/mol. The van der Waals surface area contributed by atoms with E-state index in [2.05, 4.69) is 9.47 Å². The summed E-state index contributed by atoms with van der Waals surface area (Å²) < 4.78 is 8.83. The number of carboxylic acid groups (broad SMARTS) is 1. The summed E-state index contributed by atoms with van der Waals surface area (Å²) in [5, 5.41) is 15.0. The molecule has 0 aromatic heterocycles. The van der Waals surface area contributed by atoms with Crippen molar-refractivity contribution in [3.8, 4) is 0 Å². The van der Waals surface area contributed by atoms with Gasteiger partial charge in [0.15, 0.2) is 0 Å². The molecule has 6 heteroatoms. The van der Waals surface area contributed by atoms with Gasteiger partial charge >= 0.3 is 12.1 Å². The van der Waals surface area contributed by atoms with Gasteiger partial charge in [-0.25, -0.2) is 9.59 Å². The molecule has 0 bridgehead atoms. The SMILES string of the molecule is O=C(O)CO.O=C1OCCCO1. The third kappa shape index (κ3) is 6.81. The zero-order valence-corrected chi connectivity index (χ0v) is 6.36. The molecular weight excluding hydrogens is 168 g/mol. The average Bonchev–Trinajstić information content (AvgIpc) is 2.07. The number of aliphatic hydroxyl groups excluding tert-OH is 1. The lowest BCUT2D eigenvalue weighted by molar-refractivity contribution is -0.140. The summed E-state index contributed by atoms with van der Waals surface area (Å²) in [6, 6.07) is 0. The Morgan fingerprint density at radius 3 is 2.00 bits per heavy atom. The molecule has 0 atom stereocenters. The fraction of sp³-hybridized carbons (Fsp3) is 0.667. The number of cyclic esters (lactones) is 2. The van der Waals surface area contributed by atoms with Crippen LogP contribution < -0.4 is 0 Å². The number of carboxylic acids is 1. The highest BCUT2D eigenvalue weighted by Gasteiger charge is 2.07. The molecule has 1 aliphatic heterocycles. The van der Waals surface area contributed by atoms with Crippen LogP contribution in [0.1, 0.15) is 6.42 Å². The summed E-state index contributed by atoms with van der Waals surface area (Å²) in [6.45, 7) is 0.248. The Morgan fingerprint density at radius 2 is 1.83 bits per heavy atom. The van der Waals surface area contributed by atoms with Crippen LogP contribution in [0.2, 0.25) is 0 Å². The fourth-order valence-corrected chi connectivity index (χ4v) is 0.412. The van der Waals surface area contributed by atoms with E-state index in [9.17, 15) is 4.79 Å². The predicted octanol–water partition coefficient (Wildman–Crippen LogP) is -0.393. The quantitative estimate of drug-likeness (QED) is 0.531. The van der Waals surface area contributed by atoms with Gasteiger partial charge in [-0.3, -0.25) is 0 Å². The van der Waals surface area contributed by atoms with Crippen molar-refractivity contribution in [1.29, 1.82) is 0 Å². The van der Waals surface area contributed by atoms with Gasteiger partial charge in [0, 0.05) is 6.42 Å². The molecule has 0 aromatic rings. The second-order valence-corrected chi connectivity index (χ2v) is 1.85. The minimum absolute atomic E-state index is 0.513. The number of hydrogen-bond acceptors (Lipinski definition) is 5. The number of aliphatic carboxylic acids is 1. The zero-order valence-electron chi connectivity index (χ0n) is 6.36. The Hall–Kier alpha value is -1.30. The van der Waals surface area contributed by atoms with Crippen LogP contribution in [-0.4, -0.2) is 42.2 Å². The summed E-state index contributed by atoms with van der Waals surface area (Å²) in [4.78, 5) is 19.1. The predicted molar refractivity (Wildman–Crippen MR) is 36.6 cm³/mol. The van der Waals surface area contributed by atoms with E-state index in [1.165, 1.54) is 0 Å². The Bertz CT molecular complexity index is 146. The molecule has 1 fully saturated rings. The maximum absolute atomic E-state index is 10.0. The van der Waals surface area contributed by atoms with Gasteiger partial charge in [0.05, 0.1) is 13.2 Å². The summed E-state index contributed by atoms with van der Waals surface area (Å²) in [5.74, 6) is -1.19. The van der Waals surface area contributed by atoms with Crippen LogP contribution in [0.5, 0.6) is 0 Å². The third-order valence-electron chi connectivity index (χ3n) is 0.864. The highest BCUT2D eigenvalue weighted by molar-refractivity contribution is 5.67. The van der Waals surface area contributed by atoms with Crippen LogP contribution in [0.15, 0.2) is 0 Å². The van der Waals surface area contributed by atoms with Crippen molar-refractivity contribution in [1.82, 2.24) is 0 Å². The Kier molecular flexibility index (Phi) is 5.72. The first-order valence-corrected chi connectivity index (χ1v) is 3.29. The Balaban J connectivity index is 0.000000217. The van der Waals surface area contributed by atoms with Crippen molar-refractivity contribution in [2.75, 3.05) is 19.8 Å². The number of hydrogen-bond donors (Lipinski definition) is 2. The Labute approximate surface area is 68.7 Å². The van der Waals surface area contributed by atoms with Crippen LogP contribution >= 0.6 is 0 Å². The van der Waals surface area contributed by atoms with Crippen molar-refractivity contribution in [3.63, 3.8) is 0 Å². The first-order chi connectivity index (χ1) is 5.66. The monoisotopic (exact) mass is 178 g/mol. The minimum atomic E-state index is -1.19. The molecule has 0 unspecified atom stereocenters. The topological polar surface area (TPSA) is 93.1 Å². The number of ether oxygens (including phenoxy) is 2. The second kappa shape index (κ2) is 6.41. The fourth-order valence-electron chi connectivity index (χ4n) is 0.412. The van der Waals surface area contributed by atoms with Gasteiger partial charge in [0.25, 0.3) is 0 Å². The molecule has 70 valence electrons. The lowest BCUT2D eigenvalue weighted by Gasteiger charge is -2.09. The van der Waals surface area contributed by atoms with Crippen LogP contribution in [0, 0.1) is 0 Å². The van der Waals surface area contributed by atoms with E-state index in [1.54, 1.807) is 0 Å². The van der Waals surface area contributed by atoms with Crippen LogP contribution in [-0.2, 0) is 14.3 Å². The molecule has 1 heterocycles. The molecule has 1 saturated heterocycles. The van der Waals surface area contributed by atoms with Gasteiger partial charge < -0.3 is 19.7 Å². The van der Waals surface area contributed by atoms with E-state index in [-0.39, 0.29) is 0 Å². The van der Waals surface area contributed by atoms with Gasteiger partial charge in [-0.1, -0.05) is 0 Å². The van der Waals surface area contributed by atoms with Crippen LogP contribution in [0.25, 0.3) is 0 Å². The molecule has 0 aliphatic carbocycles. The second-order valence-electron chi connectivity index (χ2n) is 1.85. The molecule has 6 nitrogen and oxygen atoms in total. The maximum atomic E-state index is 10.0. The summed E-state index contributed by atoms with van der Waals surface area (Å²) >= 11 is 0. The van der Waals surface area contributed by atoms with E-state index >= 15 is 0 Å². The molecular formula is C6H10O6. The number of rotatable bonds is 1. The molecule has 2 N–H and O–H groups in total. The number of carbonyl (C=O) groups excluding carboxylic acids is 1. The van der Waals surface area contributed by atoms with Gasteiger partial charge in [0.2, 0.25) is 0 Å². The minimum Gasteiger partial charge on any atom is -0.480 e. The Morgan fingerprint density at radius 1 is 1.42 bits per heavy atom. The summed E-state index contributed by atoms with van der Waals surface area (Å²) in [7, 11) is 0. The lowest BCUT2D eigenvalue weighted by atomic mass is 10.5. The van der Waals surface area contributed by atoms with E-state index < -0.39 is 18.7 Å². The standard InChI is InChI=1S/C4H6O3.C2H4O3/c5-4-6-2-1-3-7-4;3-1-2(4)5/h1-3H2;3H,1H2,(H,4,5).